The van der Waals surface area contributed by atoms with Gasteiger partial charge >= 0.3 is 0 Å². The van der Waals surface area contributed by atoms with Gasteiger partial charge in [-0.3, -0.25) is 0 Å². The van der Waals surface area contributed by atoms with Gasteiger partial charge in [0.25, 0.3) is 0 Å². The summed E-state index contributed by atoms with van der Waals surface area (Å²) in [6.45, 7) is 14.9. The molecular weight excluding hydrogens is 328 g/mol. The van der Waals surface area contributed by atoms with Crippen molar-refractivity contribution in [2.45, 2.75) is 64.6 Å². The lowest BCUT2D eigenvalue weighted by molar-refractivity contribution is 0.281. The van der Waals surface area contributed by atoms with Crippen molar-refractivity contribution in [3.8, 4) is 0 Å². The van der Waals surface area contributed by atoms with Crippen LogP contribution in [0.1, 0.15) is 47.1 Å². The molecule has 0 heterocycles. The van der Waals surface area contributed by atoms with Crippen molar-refractivity contribution < 1.29 is 4.43 Å². The first kappa shape index (κ1) is 17.9. The van der Waals surface area contributed by atoms with Crippen molar-refractivity contribution in [1.82, 2.24) is 0 Å². The summed E-state index contributed by atoms with van der Waals surface area (Å²) in [5.41, 5.74) is 3.33. The maximum atomic E-state index is 6.58. The van der Waals surface area contributed by atoms with E-state index >= 15 is 0 Å². The van der Waals surface area contributed by atoms with Crippen LogP contribution in [0.4, 0.5) is 0 Å². The third-order valence-electron chi connectivity index (χ3n) is 4.36. The van der Waals surface area contributed by atoms with E-state index in [2.05, 4.69) is 81.7 Å². The second-order valence-electron chi connectivity index (χ2n) is 6.54. The summed E-state index contributed by atoms with van der Waals surface area (Å²) in [7, 11) is -1.70. The van der Waals surface area contributed by atoms with Gasteiger partial charge in [0.05, 0.1) is 0 Å². The van der Waals surface area contributed by atoms with Gasteiger partial charge in [0.1, 0.15) is 0 Å². The minimum atomic E-state index is -1.70. The van der Waals surface area contributed by atoms with E-state index in [0.29, 0.717) is 16.6 Å². The number of benzene rings is 1. The van der Waals surface area contributed by atoms with E-state index in [9.17, 15) is 0 Å². The Morgan fingerprint density at radius 1 is 0.900 bits per heavy atom. The highest BCUT2D eigenvalue weighted by atomic mass is 79.9. The van der Waals surface area contributed by atoms with Crippen LogP contribution >= 0.6 is 15.9 Å². The molecule has 0 aliphatic carbocycles. The smallest absolute Gasteiger partial charge is 0.200 e. The highest BCUT2D eigenvalue weighted by molar-refractivity contribution is 9.10. The summed E-state index contributed by atoms with van der Waals surface area (Å²) in [4.78, 5) is 0. The van der Waals surface area contributed by atoms with Gasteiger partial charge in [-0.1, -0.05) is 69.6 Å². The molecule has 0 spiro atoms. The Labute approximate surface area is 134 Å². The number of hydrogen-bond acceptors (Lipinski definition) is 1. The summed E-state index contributed by atoms with van der Waals surface area (Å²) < 4.78 is 7.71. The first-order valence-corrected chi connectivity index (χ1v) is 10.6. The first-order chi connectivity index (χ1) is 9.30. The summed E-state index contributed by atoms with van der Waals surface area (Å²) in [5, 5.41) is 0. The zero-order valence-corrected chi connectivity index (χ0v) is 16.3. The monoisotopic (exact) mass is 356 g/mol. The maximum Gasteiger partial charge on any atom is 0.200 e. The quantitative estimate of drug-likeness (QED) is 0.529. The summed E-state index contributed by atoms with van der Waals surface area (Å²) >= 11 is 3.48. The zero-order chi connectivity index (χ0) is 15.3. The average Bonchev–Trinajstić information content (AvgIpc) is 2.35. The Morgan fingerprint density at radius 2 is 1.35 bits per heavy atom. The molecule has 0 bridgehead atoms. The fraction of sp³-hybridized carbons (Fsp3) is 0.647. The molecule has 114 valence electrons. The normalized spacial score (nSPS) is 12.7. The minimum absolute atomic E-state index is 0.660. The Morgan fingerprint density at radius 3 is 1.75 bits per heavy atom. The Kier molecular flexibility index (Phi) is 6.96. The fourth-order valence-electron chi connectivity index (χ4n) is 3.50. The predicted molar refractivity (Wildman–Crippen MR) is 94.8 cm³/mol. The highest BCUT2D eigenvalue weighted by Gasteiger charge is 2.44. The van der Waals surface area contributed by atoms with Crippen LogP contribution in [0.3, 0.4) is 0 Å². The van der Waals surface area contributed by atoms with Gasteiger partial charge in [0, 0.05) is 11.1 Å². The predicted octanol–water partition coefficient (Wildman–Crippen LogP) is 6.18. The van der Waals surface area contributed by atoms with Crippen molar-refractivity contribution in [3.63, 3.8) is 0 Å². The molecule has 0 radical (unpaired) electrons. The van der Waals surface area contributed by atoms with Gasteiger partial charge in [0.15, 0.2) is 8.32 Å². The van der Waals surface area contributed by atoms with Crippen molar-refractivity contribution in [2.24, 2.45) is 0 Å². The molecule has 0 saturated carbocycles. The highest BCUT2D eigenvalue weighted by Crippen LogP contribution is 2.42. The van der Waals surface area contributed by atoms with E-state index in [1.54, 1.807) is 0 Å². The molecule has 0 N–H and O–H groups in total. The maximum absolute atomic E-state index is 6.58. The summed E-state index contributed by atoms with van der Waals surface area (Å²) in [6.07, 6.45) is 1.01. The molecule has 0 fully saturated rings. The van der Waals surface area contributed by atoms with Gasteiger partial charge in [0.2, 0.25) is 0 Å². The first-order valence-electron chi connectivity index (χ1n) is 7.69. The van der Waals surface area contributed by atoms with Gasteiger partial charge < -0.3 is 4.43 Å². The third-order valence-corrected chi connectivity index (χ3v) is 11.0. The molecule has 0 atom stereocenters. The van der Waals surface area contributed by atoms with Gasteiger partial charge in [-0.15, -0.1) is 0 Å². The van der Waals surface area contributed by atoms with Crippen LogP contribution in [-0.2, 0) is 10.8 Å². The molecule has 0 aliphatic rings. The molecule has 3 heteroatoms. The second kappa shape index (κ2) is 7.76. The molecule has 0 amide bonds. The summed E-state index contributed by atoms with van der Waals surface area (Å²) in [5.74, 6) is 0. The fourth-order valence-corrected chi connectivity index (χ4v) is 9.22. The van der Waals surface area contributed by atoms with Crippen LogP contribution < -0.4 is 0 Å². The van der Waals surface area contributed by atoms with E-state index in [4.69, 9.17) is 4.43 Å². The van der Waals surface area contributed by atoms with Crippen LogP contribution in [-0.4, -0.2) is 14.9 Å². The lowest BCUT2D eigenvalue weighted by Gasteiger charge is -2.42. The molecule has 0 saturated heterocycles. The third kappa shape index (κ3) is 4.19. The van der Waals surface area contributed by atoms with Crippen molar-refractivity contribution in [2.75, 3.05) is 6.61 Å². The lowest BCUT2D eigenvalue weighted by atomic mass is 10.2. The second-order valence-corrected chi connectivity index (χ2v) is 12.9. The van der Waals surface area contributed by atoms with Gasteiger partial charge in [-0.05, 0) is 40.7 Å². The molecule has 1 nitrogen and oxygen atoms in total. The molecular formula is C17H29BrOSi. The van der Waals surface area contributed by atoms with E-state index < -0.39 is 8.32 Å². The molecule has 1 rings (SSSR count). The Balaban J connectivity index is 2.70. The van der Waals surface area contributed by atoms with Crippen LogP contribution in [0, 0.1) is 0 Å². The molecule has 20 heavy (non-hydrogen) atoms. The van der Waals surface area contributed by atoms with Crippen LogP contribution in [0.15, 0.2) is 28.7 Å². The number of hydrogen-bond donors (Lipinski definition) is 0. The Bertz CT molecular complexity index is 376. The molecule has 1 aromatic rings. The zero-order valence-electron chi connectivity index (χ0n) is 13.7. The number of halogens is 1. The van der Waals surface area contributed by atoms with Crippen molar-refractivity contribution in [3.05, 3.63) is 34.3 Å². The lowest BCUT2D eigenvalue weighted by Crippen LogP contribution is -2.48. The largest absolute Gasteiger partial charge is 0.416 e. The van der Waals surface area contributed by atoms with E-state index in [1.807, 2.05) is 0 Å². The van der Waals surface area contributed by atoms with Gasteiger partial charge in [-0.2, -0.15) is 0 Å². The molecule has 1 aromatic carbocycles. The van der Waals surface area contributed by atoms with Crippen LogP contribution in [0.2, 0.25) is 16.6 Å². The van der Waals surface area contributed by atoms with E-state index in [1.165, 1.54) is 5.56 Å². The average molecular weight is 357 g/mol. The van der Waals surface area contributed by atoms with Crippen molar-refractivity contribution >= 4 is 24.2 Å². The molecule has 0 aromatic heterocycles. The van der Waals surface area contributed by atoms with Gasteiger partial charge in [-0.25, -0.2) is 0 Å². The molecule has 0 unspecified atom stereocenters. The summed E-state index contributed by atoms with van der Waals surface area (Å²) in [6, 6.07) is 8.56. The molecule has 0 aliphatic heterocycles. The minimum Gasteiger partial charge on any atom is -0.416 e. The van der Waals surface area contributed by atoms with Crippen LogP contribution in [0.5, 0.6) is 0 Å². The Hall–Kier alpha value is -0.123. The van der Waals surface area contributed by atoms with E-state index in [-0.39, 0.29) is 0 Å². The number of rotatable bonds is 7. The van der Waals surface area contributed by atoms with Crippen molar-refractivity contribution in [1.29, 1.82) is 0 Å². The van der Waals surface area contributed by atoms with E-state index in [0.717, 1.165) is 17.5 Å². The SMILES string of the molecule is CC(C)[Si](OCCc1ccc(Br)cc1)(C(C)C)C(C)C. The topological polar surface area (TPSA) is 9.23 Å². The van der Waals surface area contributed by atoms with Crippen LogP contribution in [0.25, 0.3) is 0 Å². The standard InChI is InChI=1S/C17H29BrOSi/c1-13(2)20(14(3)4,15(5)6)19-12-11-16-7-9-17(18)10-8-16/h7-10,13-15H,11-12H2,1-6H3.